The molecule has 126 valence electrons. The van der Waals surface area contributed by atoms with Crippen molar-refractivity contribution in [1.29, 1.82) is 0 Å². The normalized spacial score (nSPS) is 27.3. The van der Waals surface area contributed by atoms with E-state index in [0.29, 0.717) is 24.9 Å². The Morgan fingerprint density at radius 2 is 2.17 bits per heavy atom. The van der Waals surface area contributed by atoms with Crippen LogP contribution < -0.4 is 0 Å². The second kappa shape index (κ2) is 6.13. The van der Waals surface area contributed by atoms with Gasteiger partial charge >= 0.3 is 5.97 Å². The highest BCUT2D eigenvalue weighted by Crippen LogP contribution is 2.41. The van der Waals surface area contributed by atoms with E-state index in [1.165, 1.54) is 18.6 Å². The molecule has 24 heavy (non-hydrogen) atoms. The molecule has 1 aromatic heterocycles. The number of carboxylic acids is 1. The summed E-state index contributed by atoms with van der Waals surface area (Å²) in [7, 11) is 0. The number of rotatable bonds is 3. The highest BCUT2D eigenvalue weighted by molar-refractivity contribution is 5.82. The molecule has 2 heterocycles. The third-order valence-corrected chi connectivity index (χ3v) is 5.61. The molecular weight excluding hydrogens is 307 g/mol. The lowest BCUT2D eigenvalue weighted by Crippen LogP contribution is -2.41. The van der Waals surface area contributed by atoms with Gasteiger partial charge in [-0.2, -0.15) is 0 Å². The fraction of sp³-hybridized carbons (Fsp3) is 0.474. The average Bonchev–Trinajstić information content (AvgIpc) is 2.94. The van der Waals surface area contributed by atoms with Crippen molar-refractivity contribution >= 4 is 16.9 Å². The van der Waals surface area contributed by atoms with Gasteiger partial charge in [0.25, 0.3) is 0 Å². The molecule has 1 aliphatic carbocycles. The number of nitrogens with zero attached hydrogens (tertiary/aromatic N) is 2. The largest absolute Gasteiger partial charge is 0.480 e. The van der Waals surface area contributed by atoms with Gasteiger partial charge in [0.1, 0.15) is 11.9 Å². The van der Waals surface area contributed by atoms with E-state index < -0.39 is 12.0 Å². The second-order valence-corrected chi connectivity index (χ2v) is 7.01. The highest BCUT2D eigenvalue weighted by Gasteiger charge is 2.45. The van der Waals surface area contributed by atoms with Gasteiger partial charge in [-0.05, 0) is 48.9 Å². The van der Waals surface area contributed by atoms with E-state index in [0.717, 1.165) is 35.7 Å². The number of aliphatic carboxylic acids is 1. The fourth-order valence-electron chi connectivity index (χ4n) is 4.57. The van der Waals surface area contributed by atoms with Crippen LogP contribution in [0.25, 0.3) is 10.9 Å². The van der Waals surface area contributed by atoms with Crippen LogP contribution in [0, 0.1) is 11.7 Å². The van der Waals surface area contributed by atoms with E-state index >= 15 is 0 Å². The smallest absolute Gasteiger partial charge is 0.320 e. The molecular formula is C19H21FN2O2. The summed E-state index contributed by atoms with van der Waals surface area (Å²) < 4.78 is 14.0. The Morgan fingerprint density at radius 1 is 1.33 bits per heavy atom. The summed E-state index contributed by atoms with van der Waals surface area (Å²) in [5.41, 5.74) is 1.55. The molecule has 1 saturated carbocycles. The first-order chi connectivity index (χ1) is 11.6. The molecule has 2 aliphatic rings. The van der Waals surface area contributed by atoms with Gasteiger partial charge in [0, 0.05) is 24.2 Å². The molecule has 2 fully saturated rings. The summed E-state index contributed by atoms with van der Waals surface area (Å²) in [6.45, 7) is 0.448. The second-order valence-electron chi connectivity index (χ2n) is 7.01. The molecule has 0 spiro atoms. The van der Waals surface area contributed by atoms with Gasteiger partial charge in [-0.25, -0.2) is 4.39 Å². The maximum Gasteiger partial charge on any atom is 0.320 e. The van der Waals surface area contributed by atoms with E-state index in [9.17, 15) is 14.3 Å². The molecule has 1 aromatic carbocycles. The van der Waals surface area contributed by atoms with Crippen molar-refractivity contribution in [3.8, 4) is 0 Å². The van der Waals surface area contributed by atoms with Crippen LogP contribution in [0.1, 0.15) is 37.7 Å². The topological polar surface area (TPSA) is 53.4 Å². The zero-order valence-corrected chi connectivity index (χ0v) is 13.5. The number of aromatic nitrogens is 1. The van der Waals surface area contributed by atoms with Crippen LogP contribution in [-0.4, -0.2) is 33.0 Å². The first-order valence-electron chi connectivity index (χ1n) is 8.65. The maximum absolute atomic E-state index is 14.0. The van der Waals surface area contributed by atoms with E-state index in [2.05, 4.69) is 9.88 Å². The number of hydrogen-bond donors (Lipinski definition) is 1. The summed E-state index contributed by atoms with van der Waals surface area (Å²) in [6.07, 6.45) is 6.88. The van der Waals surface area contributed by atoms with Crippen LogP contribution >= 0.6 is 0 Å². The summed E-state index contributed by atoms with van der Waals surface area (Å²) in [5, 5.41) is 10.4. The zero-order valence-electron chi connectivity index (χ0n) is 13.5. The quantitative estimate of drug-likeness (QED) is 0.935. The van der Waals surface area contributed by atoms with Crippen molar-refractivity contribution in [2.45, 2.75) is 50.7 Å². The molecule has 1 saturated heterocycles. The minimum atomic E-state index is -0.766. The Kier molecular flexibility index (Phi) is 3.96. The van der Waals surface area contributed by atoms with E-state index in [4.69, 9.17) is 0 Å². The molecule has 1 aliphatic heterocycles. The van der Waals surface area contributed by atoms with Gasteiger partial charge in [0.15, 0.2) is 0 Å². The Labute approximate surface area is 140 Å². The molecule has 4 nitrogen and oxygen atoms in total. The van der Waals surface area contributed by atoms with Gasteiger partial charge < -0.3 is 5.11 Å². The molecule has 0 unspecified atom stereocenters. The number of carbonyl (C=O) groups is 1. The molecule has 0 bridgehead atoms. The number of hydrogen-bond acceptors (Lipinski definition) is 3. The van der Waals surface area contributed by atoms with Crippen LogP contribution in [0.4, 0.5) is 4.39 Å². The van der Waals surface area contributed by atoms with Crippen LogP contribution in [-0.2, 0) is 11.3 Å². The fourth-order valence-corrected chi connectivity index (χ4v) is 4.57. The monoisotopic (exact) mass is 328 g/mol. The van der Waals surface area contributed by atoms with E-state index in [1.807, 2.05) is 6.07 Å². The minimum absolute atomic E-state index is 0.293. The average molecular weight is 328 g/mol. The lowest BCUT2D eigenvalue weighted by atomic mass is 9.84. The van der Waals surface area contributed by atoms with Gasteiger partial charge in [-0.15, -0.1) is 0 Å². The number of pyridine rings is 1. The van der Waals surface area contributed by atoms with Gasteiger partial charge in [-0.3, -0.25) is 14.7 Å². The van der Waals surface area contributed by atoms with Crippen molar-refractivity contribution in [2.24, 2.45) is 5.92 Å². The van der Waals surface area contributed by atoms with Gasteiger partial charge in [0.2, 0.25) is 0 Å². The summed E-state index contributed by atoms with van der Waals surface area (Å²) >= 11 is 0. The number of fused-ring (bicyclic) bond motifs is 2. The SMILES string of the molecule is O=C(O)[C@@H]1C[C@H]2CCCC[C@@H]2N1Cc1cc(F)cc2cccnc12. The zero-order chi connectivity index (χ0) is 16.7. The first-order valence-corrected chi connectivity index (χ1v) is 8.65. The molecule has 4 rings (SSSR count). The van der Waals surface area contributed by atoms with E-state index in [-0.39, 0.29) is 5.82 Å². The van der Waals surface area contributed by atoms with Crippen LogP contribution in [0.5, 0.6) is 0 Å². The van der Waals surface area contributed by atoms with Crippen molar-refractivity contribution in [2.75, 3.05) is 0 Å². The minimum Gasteiger partial charge on any atom is -0.480 e. The lowest BCUT2D eigenvalue weighted by molar-refractivity contribution is -0.142. The molecule has 0 radical (unpaired) electrons. The Hall–Kier alpha value is -2.01. The Balaban J connectivity index is 1.71. The van der Waals surface area contributed by atoms with Gasteiger partial charge in [0.05, 0.1) is 5.52 Å². The molecule has 2 aromatic rings. The molecule has 1 N–H and O–H groups in total. The van der Waals surface area contributed by atoms with Crippen LogP contribution in [0.2, 0.25) is 0 Å². The molecule has 3 atom stereocenters. The number of benzene rings is 1. The summed E-state index contributed by atoms with van der Waals surface area (Å²) in [4.78, 5) is 18.2. The van der Waals surface area contributed by atoms with E-state index in [1.54, 1.807) is 12.3 Å². The van der Waals surface area contributed by atoms with Crippen LogP contribution in [0.15, 0.2) is 30.5 Å². The van der Waals surface area contributed by atoms with Crippen molar-refractivity contribution < 1.29 is 14.3 Å². The van der Waals surface area contributed by atoms with Crippen molar-refractivity contribution in [3.63, 3.8) is 0 Å². The molecule has 0 amide bonds. The third kappa shape index (κ3) is 2.67. The first kappa shape index (κ1) is 15.5. The molecule has 5 heteroatoms. The van der Waals surface area contributed by atoms with Crippen LogP contribution in [0.3, 0.4) is 0 Å². The lowest BCUT2D eigenvalue weighted by Gasteiger charge is -2.33. The van der Waals surface area contributed by atoms with Gasteiger partial charge in [-0.1, -0.05) is 18.9 Å². The number of carboxylic acid groups (broad SMARTS) is 1. The Morgan fingerprint density at radius 3 is 3.00 bits per heavy atom. The van der Waals surface area contributed by atoms with Crippen molar-refractivity contribution in [1.82, 2.24) is 9.88 Å². The standard InChI is InChI=1S/C19H21FN2O2/c20-15-8-13-5-3-7-21-18(13)14(9-15)11-22-16-6-2-1-4-12(16)10-17(22)19(23)24/h3,5,7-9,12,16-17H,1-2,4,6,10-11H2,(H,23,24)/t12-,16+,17+/m1/s1. The number of likely N-dealkylation sites (tertiary alicyclic amines) is 1. The van der Waals surface area contributed by atoms with Crippen molar-refractivity contribution in [3.05, 3.63) is 41.8 Å². The predicted molar refractivity (Wildman–Crippen MR) is 89.0 cm³/mol. The third-order valence-electron chi connectivity index (χ3n) is 5.61. The Bertz CT molecular complexity index is 779. The predicted octanol–water partition coefficient (Wildman–Crippen LogP) is 3.59. The summed E-state index contributed by atoms with van der Waals surface area (Å²) in [5.74, 6) is -0.609. The maximum atomic E-state index is 14.0. The summed E-state index contributed by atoms with van der Waals surface area (Å²) in [6, 6.07) is 6.44. The highest BCUT2D eigenvalue weighted by atomic mass is 19.1. The number of halogens is 1.